The maximum absolute atomic E-state index is 13.6. The van der Waals surface area contributed by atoms with Gasteiger partial charge in [-0.15, -0.1) is 0 Å². The van der Waals surface area contributed by atoms with Crippen LogP contribution in [0.25, 0.3) is 0 Å². The monoisotopic (exact) mass is 295 g/mol. The van der Waals surface area contributed by atoms with E-state index in [9.17, 15) is 13.6 Å². The highest BCUT2D eigenvalue weighted by Crippen LogP contribution is 2.20. The second kappa shape index (κ2) is 6.34. The van der Waals surface area contributed by atoms with Crippen molar-refractivity contribution in [2.75, 3.05) is 5.32 Å². The summed E-state index contributed by atoms with van der Waals surface area (Å²) in [5.41, 5.74) is 0.196. The fourth-order valence-corrected chi connectivity index (χ4v) is 1.89. The van der Waals surface area contributed by atoms with Crippen LogP contribution < -0.4 is 5.32 Å². The Morgan fingerprint density at radius 1 is 1.38 bits per heavy atom. The molecule has 0 saturated carbocycles. The highest BCUT2D eigenvalue weighted by Gasteiger charge is 2.15. The number of hydrogen-bond donors (Lipinski definition) is 2. The molecule has 0 aliphatic rings. The Hall–Kier alpha value is -2.44. The number of aromatic carboxylic acids is 1. The van der Waals surface area contributed by atoms with E-state index in [1.165, 1.54) is 0 Å². The van der Waals surface area contributed by atoms with Crippen molar-refractivity contribution in [2.24, 2.45) is 0 Å². The fraction of sp³-hybridized carbons (Fsp3) is 0.286. The number of carbonyl (C=O) groups is 1. The quantitative estimate of drug-likeness (QED) is 0.860. The van der Waals surface area contributed by atoms with Gasteiger partial charge in [0.25, 0.3) is 0 Å². The SMILES string of the molecule is CCCn1cc(CNc2cc(C(=O)O)c(F)cc2F)cn1. The Morgan fingerprint density at radius 3 is 2.81 bits per heavy atom. The zero-order valence-electron chi connectivity index (χ0n) is 11.4. The van der Waals surface area contributed by atoms with E-state index >= 15 is 0 Å². The van der Waals surface area contributed by atoms with Crippen molar-refractivity contribution in [2.45, 2.75) is 26.4 Å². The van der Waals surface area contributed by atoms with Crippen molar-refractivity contribution >= 4 is 11.7 Å². The number of benzene rings is 1. The maximum atomic E-state index is 13.6. The average molecular weight is 295 g/mol. The third-order valence-corrected chi connectivity index (χ3v) is 2.91. The number of carboxylic acid groups (broad SMARTS) is 1. The summed E-state index contributed by atoms with van der Waals surface area (Å²) in [6.45, 7) is 3.08. The lowest BCUT2D eigenvalue weighted by Gasteiger charge is -2.08. The predicted molar refractivity (Wildman–Crippen MR) is 73.2 cm³/mol. The van der Waals surface area contributed by atoms with E-state index < -0.39 is 23.2 Å². The molecule has 0 saturated heterocycles. The van der Waals surface area contributed by atoms with Crippen LogP contribution in [0, 0.1) is 11.6 Å². The van der Waals surface area contributed by atoms with Crippen molar-refractivity contribution in [3.05, 3.63) is 47.3 Å². The molecule has 0 fully saturated rings. The lowest BCUT2D eigenvalue weighted by atomic mass is 10.1. The predicted octanol–water partition coefficient (Wildman–Crippen LogP) is 2.88. The molecular weight excluding hydrogens is 280 g/mol. The molecule has 0 atom stereocenters. The molecule has 0 aliphatic heterocycles. The van der Waals surface area contributed by atoms with Crippen LogP contribution in [0.2, 0.25) is 0 Å². The summed E-state index contributed by atoms with van der Waals surface area (Å²) in [6, 6.07) is 1.51. The highest BCUT2D eigenvalue weighted by molar-refractivity contribution is 5.89. The van der Waals surface area contributed by atoms with Gasteiger partial charge in [0.15, 0.2) is 0 Å². The molecule has 2 N–H and O–H groups in total. The topological polar surface area (TPSA) is 67.2 Å². The molecule has 1 heterocycles. The molecule has 0 aliphatic carbocycles. The minimum absolute atomic E-state index is 0.0583. The van der Waals surface area contributed by atoms with Crippen molar-refractivity contribution < 1.29 is 18.7 Å². The molecule has 7 heteroatoms. The first-order valence-corrected chi connectivity index (χ1v) is 6.48. The molecular formula is C14H15F2N3O2. The first-order chi connectivity index (χ1) is 10.0. The van der Waals surface area contributed by atoms with Gasteiger partial charge < -0.3 is 10.4 Å². The van der Waals surface area contributed by atoms with Crippen LogP contribution >= 0.6 is 0 Å². The molecule has 0 amide bonds. The Kier molecular flexibility index (Phi) is 4.52. The Labute approximate surface area is 120 Å². The number of aryl methyl sites for hydroxylation is 1. The second-order valence-corrected chi connectivity index (χ2v) is 4.58. The van der Waals surface area contributed by atoms with Crippen LogP contribution in [-0.4, -0.2) is 20.9 Å². The summed E-state index contributed by atoms with van der Waals surface area (Å²) in [6.07, 6.45) is 4.40. The standard InChI is InChI=1S/C14H15F2N3O2/c1-2-3-19-8-9(7-18-19)6-17-13-4-10(14(20)21)11(15)5-12(13)16/h4-5,7-8,17H,2-3,6H2,1H3,(H,20,21). The Morgan fingerprint density at radius 2 is 2.14 bits per heavy atom. The lowest BCUT2D eigenvalue weighted by Crippen LogP contribution is -2.06. The van der Waals surface area contributed by atoms with Gasteiger partial charge in [-0.25, -0.2) is 13.6 Å². The molecule has 0 unspecified atom stereocenters. The zero-order chi connectivity index (χ0) is 15.4. The molecule has 112 valence electrons. The van der Waals surface area contributed by atoms with Crippen molar-refractivity contribution in [3.8, 4) is 0 Å². The van der Waals surface area contributed by atoms with Gasteiger partial charge in [0.05, 0.1) is 17.4 Å². The zero-order valence-corrected chi connectivity index (χ0v) is 11.4. The van der Waals surface area contributed by atoms with E-state index in [4.69, 9.17) is 5.11 Å². The van der Waals surface area contributed by atoms with Gasteiger partial charge in [-0.2, -0.15) is 5.10 Å². The first-order valence-electron chi connectivity index (χ1n) is 6.48. The van der Waals surface area contributed by atoms with Crippen LogP contribution in [0.5, 0.6) is 0 Å². The third kappa shape index (κ3) is 3.56. The van der Waals surface area contributed by atoms with E-state index in [1.807, 2.05) is 13.1 Å². The van der Waals surface area contributed by atoms with E-state index in [1.54, 1.807) is 10.9 Å². The molecule has 0 bridgehead atoms. The van der Waals surface area contributed by atoms with Crippen molar-refractivity contribution in [1.82, 2.24) is 9.78 Å². The summed E-state index contributed by atoms with van der Waals surface area (Å²) < 4.78 is 28.6. The smallest absolute Gasteiger partial charge is 0.338 e. The van der Waals surface area contributed by atoms with Crippen molar-refractivity contribution in [1.29, 1.82) is 0 Å². The molecule has 0 radical (unpaired) electrons. The van der Waals surface area contributed by atoms with Gasteiger partial charge in [0.2, 0.25) is 0 Å². The number of hydrogen-bond acceptors (Lipinski definition) is 3. The molecule has 2 aromatic rings. The van der Waals surface area contributed by atoms with Gasteiger partial charge in [0, 0.05) is 30.9 Å². The van der Waals surface area contributed by atoms with E-state index in [0.717, 1.165) is 24.6 Å². The number of carboxylic acids is 1. The van der Waals surface area contributed by atoms with E-state index in [-0.39, 0.29) is 12.2 Å². The van der Waals surface area contributed by atoms with Crippen LogP contribution in [-0.2, 0) is 13.1 Å². The number of halogens is 2. The summed E-state index contributed by atoms with van der Waals surface area (Å²) in [7, 11) is 0. The van der Waals surface area contributed by atoms with E-state index in [0.29, 0.717) is 6.07 Å². The maximum Gasteiger partial charge on any atom is 0.338 e. The summed E-state index contributed by atoms with van der Waals surface area (Å²) in [4.78, 5) is 10.8. The molecule has 1 aromatic carbocycles. The number of aromatic nitrogens is 2. The van der Waals surface area contributed by atoms with Crippen LogP contribution in [0.3, 0.4) is 0 Å². The molecule has 2 rings (SSSR count). The van der Waals surface area contributed by atoms with Crippen LogP contribution in [0.15, 0.2) is 24.5 Å². The van der Waals surface area contributed by atoms with Gasteiger partial charge in [-0.1, -0.05) is 6.92 Å². The van der Waals surface area contributed by atoms with Gasteiger partial charge in [-0.05, 0) is 12.5 Å². The number of anilines is 1. The lowest BCUT2D eigenvalue weighted by molar-refractivity contribution is 0.0692. The second-order valence-electron chi connectivity index (χ2n) is 4.58. The molecule has 0 spiro atoms. The van der Waals surface area contributed by atoms with Crippen molar-refractivity contribution in [3.63, 3.8) is 0 Å². The molecule has 1 aromatic heterocycles. The highest BCUT2D eigenvalue weighted by atomic mass is 19.1. The number of rotatable bonds is 6. The summed E-state index contributed by atoms with van der Waals surface area (Å²) in [5, 5.41) is 15.7. The fourth-order valence-electron chi connectivity index (χ4n) is 1.89. The van der Waals surface area contributed by atoms with Crippen LogP contribution in [0.4, 0.5) is 14.5 Å². The Balaban J connectivity index is 2.11. The Bertz CT molecular complexity index is 656. The minimum Gasteiger partial charge on any atom is -0.478 e. The average Bonchev–Trinajstić information content (AvgIpc) is 2.85. The normalized spacial score (nSPS) is 10.6. The van der Waals surface area contributed by atoms with Gasteiger partial charge in [0.1, 0.15) is 11.6 Å². The first kappa shape index (κ1) is 15.0. The minimum atomic E-state index is -1.44. The summed E-state index contributed by atoms with van der Waals surface area (Å²) in [5.74, 6) is -3.37. The third-order valence-electron chi connectivity index (χ3n) is 2.91. The molecule has 21 heavy (non-hydrogen) atoms. The van der Waals surface area contributed by atoms with Crippen LogP contribution in [0.1, 0.15) is 29.3 Å². The summed E-state index contributed by atoms with van der Waals surface area (Å²) >= 11 is 0. The molecule has 5 nitrogen and oxygen atoms in total. The number of nitrogens with zero attached hydrogens (tertiary/aromatic N) is 2. The van der Waals surface area contributed by atoms with E-state index in [2.05, 4.69) is 10.4 Å². The number of nitrogens with one attached hydrogen (secondary N) is 1. The largest absolute Gasteiger partial charge is 0.478 e. The van der Waals surface area contributed by atoms with Gasteiger partial charge in [-0.3, -0.25) is 4.68 Å². The van der Waals surface area contributed by atoms with Gasteiger partial charge >= 0.3 is 5.97 Å².